The quantitative estimate of drug-likeness (QED) is 0.500. The Morgan fingerprint density at radius 3 is 2.62 bits per heavy atom. The molecule has 5 nitrogen and oxygen atoms in total. The number of hydrazone groups is 1. The Bertz CT molecular complexity index is 609. The van der Waals surface area contributed by atoms with Crippen LogP contribution >= 0.6 is 11.3 Å². The lowest BCUT2D eigenvalue weighted by atomic mass is 10.1. The third kappa shape index (κ3) is 5.19. The van der Waals surface area contributed by atoms with Crippen molar-refractivity contribution in [2.24, 2.45) is 5.10 Å². The van der Waals surface area contributed by atoms with Crippen LogP contribution in [0.25, 0.3) is 0 Å². The van der Waals surface area contributed by atoms with Gasteiger partial charge in [-0.1, -0.05) is 36.4 Å². The maximum atomic E-state index is 11.5. The molecule has 1 aromatic carbocycles. The normalized spacial score (nSPS) is 10.5. The number of nitrogens with one attached hydrogen (secondary N) is 2. The van der Waals surface area contributed by atoms with Gasteiger partial charge in [0.2, 0.25) is 0 Å². The summed E-state index contributed by atoms with van der Waals surface area (Å²) in [5.74, 6) is -1.45. The molecule has 0 aliphatic heterocycles. The molecule has 0 fully saturated rings. The Hall–Kier alpha value is -2.47. The summed E-state index contributed by atoms with van der Waals surface area (Å²) in [5, 5.41) is 8.18. The molecule has 2 rings (SSSR count). The van der Waals surface area contributed by atoms with Crippen molar-refractivity contribution in [2.45, 2.75) is 6.42 Å². The minimum Gasteiger partial charge on any atom is -0.347 e. The summed E-state index contributed by atoms with van der Waals surface area (Å²) >= 11 is 1.49. The van der Waals surface area contributed by atoms with Gasteiger partial charge in [0.1, 0.15) is 0 Å². The van der Waals surface area contributed by atoms with Crippen LogP contribution in [0.5, 0.6) is 0 Å². The van der Waals surface area contributed by atoms with E-state index in [1.165, 1.54) is 17.6 Å². The molecular weight excluding hydrogens is 286 g/mol. The maximum absolute atomic E-state index is 11.5. The standard InChI is InChI=1S/C15H15N3O2S/c19-14(16-9-8-12-5-2-1-3-6-12)15(20)18-17-11-13-7-4-10-21-13/h1-7,10-11H,8-9H2,(H,16,19)(H,18,20)/b17-11+. The van der Waals surface area contributed by atoms with E-state index in [0.29, 0.717) is 13.0 Å². The summed E-state index contributed by atoms with van der Waals surface area (Å²) in [6.07, 6.45) is 2.18. The number of nitrogens with zero attached hydrogens (tertiary/aromatic N) is 1. The van der Waals surface area contributed by atoms with Gasteiger partial charge >= 0.3 is 11.8 Å². The first kappa shape index (κ1) is 14.9. The van der Waals surface area contributed by atoms with Gasteiger partial charge in [0.05, 0.1) is 6.21 Å². The summed E-state index contributed by atoms with van der Waals surface area (Å²) in [7, 11) is 0. The van der Waals surface area contributed by atoms with E-state index >= 15 is 0 Å². The molecule has 0 unspecified atom stereocenters. The molecule has 0 bridgehead atoms. The molecule has 6 heteroatoms. The number of thiophene rings is 1. The molecule has 2 amide bonds. The predicted molar refractivity (Wildman–Crippen MR) is 83.2 cm³/mol. The van der Waals surface area contributed by atoms with E-state index in [4.69, 9.17) is 0 Å². The minimum atomic E-state index is -0.768. The number of carbonyl (C=O) groups excluding carboxylic acids is 2. The van der Waals surface area contributed by atoms with Crippen molar-refractivity contribution in [3.63, 3.8) is 0 Å². The highest BCUT2D eigenvalue weighted by Gasteiger charge is 2.11. The van der Waals surface area contributed by atoms with Gasteiger partial charge in [0.25, 0.3) is 0 Å². The van der Waals surface area contributed by atoms with Crippen molar-refractivity contribution in [1.29, 1.82) is 0 Å². The number of benzene rings is 1. The lowest BCUT2D eigenvalue weighted by Gasteiger charge is -2.03. The van der Waals surface area contributed by atoms with Crippen LogP contribution in [0.4, 0.5) is 0 Å². The van der Waals surface area contributed by atoms with Crippen molar-refractivity contribution in [3.8, 4) is 0 Å². The number of rotatable bonds is 5. The second kappa shape index (κ2) is 7.96. The van der Waals surface area contributed by atoms with E-state index in [9.17, 15) is 9.59 Å². The fraction of sp³-hybridized carbons (Fsp3) is 0.133. The Kier molecular flexibility index (Phi) is 5.66. The van der Waals surface area contributed by atoms with Gasteiger partial charge in [-0.2, -0.15) is 5.10 Å². The zero-order valence-electron chi connectivity index (χ0n) is 11.3. The zero-order chi connectivity index (χ0) is 14.9. The van der Waals surface area contributed by atoms with Gasteiger partial charge in [0, 0.05) is 11.4 Å². The molecule has 108 valence electrons. The van der Waals surface area contributed by atoms with Gasteiger partial charge in [0.15, 0.2) is 0 Å². The molecule has 0 radical (unpaired) electrons. The van der Waals surface area contributed by atoms with E-state index in [-0.39, 0.29) is 0 Å². The molecule has 21 heavy (non-hydrogen) atoms. The summed E-state index contributed by atoms with van der Waals surface area (Å²) in [6.45, 7) is 0.408. The summed E-state index contributed by atoms with van der Waals surface area (Å²) in [6, 6.07) is 13.5. The molecule has 1 heterocycles. The van der Waals surface area contributed by atoms with Crippen LogP contribution in [-0.4, -0.2) is 24.6 Å². The number of amides is 2. The first-order valence-corrected chi connectivity index (χ1v) is 7.32. The summed E-state index contributed by atoms with van der Waals surface area (Å²) in [4.78, 5) is 23.9. The fourth-order valence-electron chi connectivity index (χ4n) is 1.62. The van der Waals surface area contributed by atoms with Crippen LogP contribution in [0.2, 0.25) is 0 Å². The molecule has 0 saturated heterocycles. The van der Waals surface area contributed by atoms with Crippen LogP contribution in [0.3, 0.4) is 0 Å². The average Bonchev–Trinajstić information content (AvgIpc) is 3.01. The molecule has 0 saturated carbocycles. The van der Waals surface area contributed by atoms with Crippen LogP contribution in [0.1, 0.15) is 10.4 Å². The Labute approximate surface area is 126 Å². The fourth-order valence-corrected chi connectivity index (χ4v) is 2.20. The topological polar surface area (TPSA) is 70.6 Å². The molecule has 0 atom stereocenters. The Morgan fingerprint density at radius 1 is 1.10 bits per heavy atom. The lowest BCUT2D eigenvalue weighted by molar-refractivity contribution is -0.139. The smallest absolute Gasteiger partial charge is 0.329 e. The summed E-state index contributed by atoms with van der Waals surface area (Å²) < 4.78 is 0. The molecule has 0 spiro atoms. The van der Waals surface area contributed by atoms with E-state index in [0.717, 1.165) is 10.4 Å². The van der Waals surface area contributed by atoms with Crippen molar-refractivity contribution >= 4 is 29.4 Å². The van der Waals surface area contributed by atoms with Gasteiger partial charge in [-0.05, 0) is 23.4 Å². The summed E-state index contributed by atoms with van der Waals surface area (Å²) in [5.41, 5.74) is 3.30. The van der Waals surface area contributed by atoms with Gasteiger partial charge in [-0.25, -0.2) is 5.43 Å². The lowest BCUT2D eigenvalue weighted by Crippen LogP contribution is -2.38. The van der Waals surface area contributed by atoms with Crippen LogP contribution in [-0.2, 0) is 16.0 Å². The van der Waals surface area contributed by atoms with Crippen molar-refractivity contribution < 1.29 is 9.59 Å². The number of hydrogen-bond acceptors (Lipinski definition) is 4. The Morgan fingerprint density at radius 2 is 1.90 bits per heavy atom. The van der Waals surface area contributed by atoms with Crippen LogP contribution in [0.15, 0.2) is 52.9 Å². The average molecular weight is 301 g/mol. The third-order valence-electron chi connectivity index (χ3n) is 2.65. The van der Waals surface area contributed by atoms with Crippen molar-refractivity contribution in [3.05, 3.63) is 58.3 Å². The monoisotopic (exact) mass is 301 g/mol. The van der Waals surface area contributed by atoms with Crippen LogP contribution < -0.4 is 10.7 Å². The largest absolute Gasteiger partial charge is 0.347 e. The zero-order valence-corrected chi connectivity index (χ0v) is 12.1. The maximum Gasteiger partial charge on any atom is 0.329 e. The predicted octanol–water partition coefficient (Wildman–Crippen LogP) is 1.56. The molecule has 1 aromatic heterocycles. The SMILES string of the molecule is O=C(NCCc1ccccc1)C(=O)N/N=C/c1cccs1. The molecule has 0 aliphatic carbocycles. The van der Waals surface area contributed by atoms with E-state index in [1.807, 2.05) is 47.8 Å². The van der Waals surface area contributed by atoms with E-state index < -0.39 is 11.8 Å². The highest BCUT2D eigenvalue weighted by atomic mass is 32.1. The molecule has 0 aliphatic rings. The second-order valence-electron chi connectivity index (χ2n) is 4.21. The third-order valence-corrected chi connectivity index (χ3v) is 3.46. The van der Waals surface area contributed by atoms with Crippen molar-refractivity contribution in [2.75, 3.05) is 6.54 Å². The van der Waals surface area contributed by atoms with Crippen molar-refractivity contribution in [1.82, 2.24) is 10.7 Å². The first-order valence-electron chi connectivity index (χ1n) is 6.44. The first-order chi connectivity index (χ1) is 10.3. The van der Waals surface area contributed by atoms with Crippen LogP contribution in [0, 0.1) is 0 Å². The Balaban J connectivity index is 1.69. The van der Waals surface area contributed by atoms with Gasteiger partial charge in [-0.15, -0.1) is 11.3 Å². The molecular formula is C15H15N3O2S. The highest BCUT2D eigenvalue weighted by molar-refractivity contribution is 7.11. The highest BCUT2D eigenvalue weighted by Crippen LogP contribution is 2.04. The molecule has 2 N–H and O–H groups in total. The van der Waals surface area contributed by atoms with Gasteiger partial charge < -0.3 is 5.32 Å². The molecule has 2 aromatic rings. The number of hydrogen-bond donors (Lipinski definition) is 2. The van der Waals surface area contributed by atoms with E-state index in [2.05, 4.69) is 15.8 Å². The van der Waals surface area contributed by atoms with E-state index in [1.54, 1.807) is 0 Å². The van der Waals surface area contributed by atoms with Gasteiger partial charge in [-0.3, -0.25) is 9.59 Å². The second-order valence-corrected chi connectivity index (χ2v) is 5.19. The minimum absolute atomic E-state index is 0.408. The number of carbonyl (C=O) groups is 2.